The molecule has 0 saturated heterocycles. The zero-order chi connectivity index (χ0) is 12.7. The van der Waals surface area contributed by atoms with Crippen LogP contribution in [0.1, 0.15) is 12.5 Å². The third-order valence-electron chi connectivity index (χ3n) is 1.83. The molecule has 0 unspecified atom stereocenters. The molecule has 0 radical (unpaired) electrons. The summed E-state index contributed by atoms with van der Waals surface area (Å²) < 4.78 is 4.72. The Balaban J connectivity index is 2.72. The minimum atomic E-state index is -1.02. The maximum Gasteiger partial charge on any atom is 0.411 e. The number of benzene rings is 1. The van der Waals surface area contributed by atoms with Crippen molar-refractivity contribution in [2.45, 2.75) is 6.92 Å². The molecule has 0 bridgehead atoms. The summed E-state index contributed by atoms with van der Waals surface area (Å²) in [7, 11) is 0. The van der Waals surface area contributed by atoms with Crippen molar-refractivity contribution in [2.75, 3.05) is 11.9 Å². The largest absolute Gasteiger partial charge is 0.478 e. The molecular weight excluding hydrogens is 222 g/mol. The summed E-state index contributed by atoms with van der Waals surface area (Å²) in [6, 6.07) is 6.78. The molecule has 0 aliphatic rings. The Morgan fingerprint density at radius 2 is 2.24 bits per heavy atom. The molecule has 17 heavy (non-hydrogen) atoms. The van der Waals surface area contributed by atoms with Gasteiger partial charge in [0.2, 0.25) is 0 Å². The Hall–Kier alpha value is -2.30. The molecule has 0 atom stereocenters. The quantitative estimate of drug-likeness (QED) is 0.785. The molecule has 0 fully saturated rings. The van der Waals surface area contributed by atoms with E-state index in [4.69, 9.17) is 9.84 Å². The van der Waals surface area contributed by atoms with Crippen LogP contribution in [0.5, 0.6) is 0 Å². The van der Waals surface area contributed by atoms with Gasteiger partial charge in [0.05, 0.1) is 6.61 Å². The van der Waals surface area contributed by atoms with Gasteiger partial charge in [0.1, 0.15) is 0 Å². The summed E-state index contributed by atoms with van der Waals surface area (Å²) in [4.78, 5) is 21.5. The number of carbonyl (C=O) groups excluding carboxylic acids is 1. The van der Waals surface area contributed by atoms with Crippen molar-refractivity contribution in [3.63, 3.8) is 0 Å². The predicted octanol–water partition coefficient (Wildman–Crippen LogP) is 2.35. The van der Waals surface area contributed by atoms with Crippen molar-refractivity contribution < 1.29 is 19.4 Å². The first-order valence-corrected chi connectivity index (χ1v) is 5.06. The Labute approximate surface area is 98.7 Å². The first-order valence-electron chi connectivity index (χ1n) is 5.06. The highest BCUT2D eigenvalue weighted by Crippen LogP contribution is 2.12. The Morgan fingerprint density at radius 1 is 1.47 bits per heavy atom. The zero-order valence-electron chi connectivity index (χ0n) is 9.34. The second kappa shape index (κ2) is 6.32. The van der Waals surface area contributed by atoms with E-state index in [9.17, 15) is 9.59 Å². The third kappa shape index (κ3) is 4.83. The average molecular weight is 235 g/mol. The van der Waals surface area contributed by atoms with Crippen molar-refractivity contribution in [2.24, 2.45) is 0 Å². The smallest absolute Gasteiger partial charge is 0.411 e. The molecule has 5 nitrogen and oxygen atoms in total. The number of carboxylic acid groups (broad SMARTS) is 1. The number of carboxylic acids is 1. The van der Waals surface area contributed by atoms with Gasteiger partial charge in [-0.2, -0.15) is 0 Å². The van der Waals surface area contributed by atoms with E-state index in [0.29, 0.717) is 17.9 Å². The lowest BCUT2D eigenvalue weighted by atomic mass is 10.2. The van der Waals surface area contributed by atoms with E-state index < -0.39 is 12.1 Å². The van der Waals surface area contributed by atoms with Gasteiger partial charge in [0.15, 0.2) is 0 Å². The number of rotatable bonds is 4. The topological polar surface area (TPSA) is 75.6 Å². The fraction of sp³-hybridized carbons (Fsp3) is 0.167. The monoisotopic (exact) mass is 235 g/mol. The molecule has 0 spiro atoms. The number of ether oxygens (including phenoxy) is 1. The Kier molecular flexibility index (Phi) is 4.75. The van der Waals surface area contributed by atoms with E-state index in [1.165, 1.54) is 6.08 Å². The standard InChI is InChI=1S/C12H13NO4/c1-2-17-12(16)13-10-5-3-4-9(8-10)6-7-11(14)15/h3-8H,2H2,1H3,(H,13,16)(H,14,15). The highest BCUT2D eigenvalue weighted by Gasteiger charge is 2.01. The summed E-state index contributed by atoms with van der Waals surface area (Å²) in [5.41, 5.74) is 1.23. The van der Waals surface area contributed by atoms with Crippen molar-refractivity contribution in [1.82, 2.24) is 0 Å². The zero-order valence-corrected chi connectivity index (χ0v) is 9.34. The lowest BCUT2D eigenvalue weighted by Gasteiger charge is -2.05. The molecule has 90 valence electrons. The van der Waals surface area contributed by atoms with Crippen LogP contribution in [0.4, 0.5) is 10.5 Å². The summed E-state index contributed by atoms with van der Waals surface area (Å²) >= 11 is 0. The molecule has 1 aromatic rings. The van der Waals surface area contributed by atoms with E-state index in [-0.39, 0.29) is 0 Å². The molecule has 0 aliphatic carbocycles. The van der Waals surface area contributed by atoms with Crippen molar-refractivity contribution >= 4 is 23.8 Å². The first-order chi connectivity index (χ1) is 8.11. The molecule has 5 heteroatoms. The molecular formula is C12H13NO4. The molecule has 0 aromatic heterocycles. The summed E-state index contributed by atoms with van der Waals surface area (Å²) in [5.74, 6) is -1.02. The van der Waals surface area contributed by atoms with Gasteiger partial charge >= 0.3 is 12.1 Å². The fourth-order valence-electron chi connectivity index (χ4n) is 1.17. The third-order valence-corrected chi connectivity index (χ3v) is 1.83. The Bertz CT molecular complexity index is 440. The molecule has 0 aliphatic heterocycles. The second-order valence-corrected chi connectivity index (χ2v) is 3.14. The van der Waals surface area contributed by atoms with E-state index in [1.807, 2.05) is 0 Å². The van der Waals surface area contributed by atoms with Gasteiger partial charge in [-0.15, -0.1) is 0 Å². The number of hydrogen-bond acceptors (Lipinski definition) is 3. The van der Waals surface area contributed by atoms with Gasteiger partial charge in [-0.25, -0.2) is 9.59 Å². The predicted molar refractivity (Wildman–Crippen MR) is 63.8 cm³/mol. The van der Waals surface area contributed by atoms with Gasteiger partial charge in [-0.3, -0.25) is 5.32 Å². The number of anilines is 1. The number of carbonyl (C=O) groups is 2. The van der Waals surface area contributed by atoms with Gasteiger partial charge in [0, 0.05) is 11.8 Å². The van der Waals surface area contributed by atoms with Crippen LogP contribution >= 0.6 is 0 Å². The van der Waals surface area contributed by atoms with E-state index in [1.54, 1.807) is 31.2 Å². The van der Waals surface area contributed by atoms with Crippen LogP contribution in [-0.4, -0.2) is 23.8 Å². The number of aliphatic carboxylic acids is 1. The summed E-state index contributed by atoms with van der Waals surface area (Å²) in [6.45, 7) is 2.01. The summed E-state index contributed by atoms with van der Waals surface area (Å²) in [5, 5.41) is 11.0. The SMILES string of the molecule is CCOC(=O)Nc1cccc(C=CC(=O)O)c1. The van der Waals surface area contributed by atoms with Crippen LogP contribution < -0.4 is 5.32 Å². The summed E-state index contributed by atoms with van der Waals surface area (Å²) in [6.07, 6.45) is 1.94. The maximum atomic E-state index is 11.1. The molecule has 0 saturated carbocycles. The van der Waals surface area contributed by atoms with Crippen LogP contribution in [0, 0.1) is 0 Å². The number of amides is 1. The van der Waals surface area contributed by atoms with Gasteiger partial charge in [0.25, 0.3) is 0 Å². The van der Waals surface area contributed by atoms with Crippen molar-refractivity contribution in [1.29, 1.82) is 0 Å². The maximum absolute atomic E-state index is 11.1. The lowest BCUT2D eigenvalue weighted by molar-refractivity contribution is -0.131. The lowest BCUT2D eigenvalue weighted by Crippen LogP contribution is -2.13. The van der Waals surface area contributed by atoms with Crippen molar-refractivity contribution in [3.05, 3.63) is 35.9 Å². The van der Waals surface area contributed by atoms with Crippen LogP contribution in [0.3, 0.4) is 0 Å². The van der Waals surface area contributed by atoms with E-state index >= 15 is 0 Å². The van der Waals surface area contributed by atoms with E-state index in [2.05, 4.69) is 5.32 Å². The minimum absolute atomic E-state index is 0.296. The number of nitrogens with one attached hydrogen (secondary N) is 1. The normalized spacial score (nSPS) is 10.2. The Morgan fingerprint density at radius 3 is 2.88 bits per heavy atom. The van der Waals surface area contributed by atoms with Crippen LogP contribution in [0.25, 0.3) is 6.08 Å². The second-order valence-electron chi connectivity index (χ2n) is 3.14. The van der Waals surface area contributed by atoms with Crippen LogP contribution in [0.2, 0.25) is 0 Å². The number of hydrogen-bond donors (Lipinski definition) is 2. The highest BCUT2D eigenvalue weighted by molar-refractivity contribution is 5.87. The molecule has 0 heterocycles. The fourth-order valence-corrected chi connectivity index (χ4v) is 1.17. The molecule has 1 aromatic carbocycles. The average Bonchev–Trinajstić information content (AvgIpc) is 2.27. The van der Waals surface area contributed by atoms with Crippen molar-refractivity contribution in [3.8, 4) is 0 Å². The highest BCUT2D eigenvalue weighted by atomic mass is 16.5. The molecule has 1 amide bonds. The minimum Gasteiger partial charge on any atom is -0.478 e. The van der Waals surface area contributed by atoms with Gasteiger partial charge in [-0.05, 0) is 30.7 Å². The van der Waals surface area contributed by atoms with Gasteiger partial charge < -0.3 is 9.84 Å². The molecule has 1 rings (SSSR count). The van der Waals surface area contributed by atoms with E-state index in [0.717, 1.165) is 6.08 Å². The van der Waals surface area contributed by atoms with Gasteiger partial charge in [-0.1, -0.05) is 12.1 Å². The molecule has 2 N–H and O–H groups in total. The first kappa shape index (κ1) is 12.8. The van der Waals surface area contributed by atoms with Crippen LogP contribution in [0.15, 0.2) is 30.3 Å². The van der Waals surface area contributed by atoms with Crippen LogP contribution in [-0.2, 0) is 9.53 Å².